The normalized spacial score (nSPS) is 15.1. The first-order valence-electron chi connectivity index (χ1n) is 9.57. The van der Waals surface area contributed by atoms with E-state index in [0.717, 1.165) is 31.7 Å². The molecule has 0 aliphatic carbocycles. The molecular weight excluding hydrogens is 376 g/mol. The van der Waals surface area contributed by atoms with Crippen LogP contribution in [0.15, 0.2) is 42.6 Å². The van der Waals surface area contributed by atoms with Gasteiger partial charge in [0.15, 0.2) is 0 Å². The van der Waals surface area contributed by atoms with E-state index in [9.17, 15) is 9.59 Å². The van der Waals surface area contributed by atoms with Crippen LogP contribution in [0.5, 0.6) is 0 Å². The predicted molar refractivity (Wildman–Crippen MR) is 110 cm³/mol. The minimum Gasteiger partial charge on any atom is -0.337 e. The number of carbonyl (C=O) groups is 2. The maximum Gasteiger partial charge on any atom is 0.256 e. The SMILES string of the molecule is CCC(=O)Nc1cc(Cl)ccc1C(=O)N1CCCN(Cc2ccccn2)CC1. The van der Waals surface area contributed by atoms with Gasteiger partial charge in [-0.25, -0.2) is 0 Å². The van der Waals surface area contributed by atoms with Gasteiger partial charge in [0.25, 0.3) is 5.91 Å². The largest absolute Gasteiger partial charge is 0.337 e. The van der Waals surface area contributed by atoms with Gasteiger partial charge in [0.1, 0.15) is 0 Å². The monoisotopic (exact) mass is 400 g/mol. The molecule has 1 fully saturated rings. The lowest BCUT2D eigenvalue weighted by Gasteiger charge is -2.23. The molecule has 0 spiro atoms. The van der Waals surface area contributed by atoms with Crippen LogP contribution in [0.2, 0.25) is 5.02 Å². The van der Waals surface area contributed by atoms with Crippen LogP contribution in [0.25, 0.3) is 0 Å². The molecule has 2 amide bonds. The third-order valence-electron chi connectivity index (χ3n) is 4.79. The first-order valence-corrected chi connectivity index (χ1v) is 9.95. The fourth-order valence-corrected chi connectivity index (χ4v) is 3.44. The highest BCUT2D eigenvalue weighted by Crippen LogP contribution is 2.23. The van der Waals surface area contributed by atoms with Gasteiger partial charge in [0.05, 0.1) is 16.9 Å². The quantitative estimate of drug-likeness (QED) is 0.835. The predicted octanol–water partition coefficient (Wildman–Crippen LogP) is 3.43. The van der Waals surface area contributed by atoms with E-state index in [2.05, 4.69) is 15.2 Å². The van der Waals surface area contributed by atoms with Crippen molar-refractivity contribution in [2.45, 2.75) is 26.3 Å². The molecule has 1 aliphatic rings. The summed E-state index contributed by atoms with van der Waals surface area (Å²) in [5, 5.41) is 3.27. The molecule has 1 aromatic heterocycles. The highest BCUT2D eigenvalue weighted by molar-refractivity contribution is 6.31. The first kappa shape index (κ1) is 20.3. The molecule has 0 bridgehead atoms. The molecule has 7 heteroatoms. The number of pyridine rings is 1. The van der Waals surface area contributed by atoms with Gasteiger partial charge in [0, 0.05) is 50.4 Å². The minimum absolute atomic E-state index is 0.0808. The third-order valence-corrected chi connectivity index (χ3v) is 5.03. The number of rotatable bonds is 5. The van der Waals surface area contributed by atoms with Crippen molar-refractivity contribution in [1.82, 2.24) is 14.8 Å². The van der Waals surface area contributed by atoms with E-state index in [1.165, 1.54) is 0 Å². The third kappa shape index (κ3) is 5.30. The second-order valence-electron chi connectivity index (χ2n) is 6.83. The van der Waals surface area contributed by atoms with E-state index < -0.39 is 0 Å². The summed E-state index contributed by atoms with van der Waals surface area (Å²) in [6, 6.07) is 10.9. The van der Waals surface area contributed by atoms with Crippen LogP contribution in [0.1, 0.15) is 35.8 Å². The number of hydrogen-bond acceptors (Lipinski definition) is 4. The summed E-state index contributed by atoms with van der Waals surface area (Å²) in [6.07, 6.45) is 3.03. The van der Waals surface area contributed by atoms with E-state index in [1.807, 2.05) is 23.1 Å². The van der Waals surface area contributed by atoms with Gasteiger partial charge < -0.3 is 10.2 Å². The molecule has 0 atom stereocenters. The second kappa shape index (κ2) is 9.66. The molecule has 3 rings (SSSR count). The topological polar surface area (TPSA) is 65.5 Å². The van der Waals surface area contributed by atoms with Gasteiger partial charge in [0.2, 0.25) is 5.91 Å². The number of benzene rings is 1. The maximum atomic E-state index is 13.1. The molecule has 148 valence electrons. The van der Waals surface area contributed by atoms with Crippen molar-refractivity contribution in [3.8, 4) is 0 Å². The van der Waals surface area contributed by atoms with E-state index in [1.54, 1.807) is 31.3 Å². The van der Waals surface area contributed by atoms with Crippen molar-refractivity contribution < 1.29 is 9.59 Å². The lowest BCUT2D eigenvalue weighted by atomic mass is 10.1. The van der Waals surface area contributed by atoms with Gasteiger partial charge in [-0.05, 0) is 36.8 Å². The number of carbonyl (C=O) groups excluding carboxylic acids is 2. The number of anilines is 1. The van der Waals surface area contributed by atoms with Crippen LogP contribution in [0.4, 0.5) is 5.69 Å². The molecule has 1 N–H and O–H groups in total. The zero-order valence-electron chi connectivity index (χ0n) is 16.0. The fourth-order valence-electron chi connectivity index (χ4n) is 3.27. The zero-order chi connectivity index (χ0) is 19.9. The molecule has 2 aromatic rings. The van der Waals surface area contributed by atoms with E-state index in [-0.39, 0.29) is 11.8 Å². The van der Waals surface area contributed by atoms with Crippen molar-refractivity contribution in [1.29, 1.82) is 0 Å². The summed E-state index contributed by atoms with van der Waals surface area (Å²) < 4.78 is 0. The highest BCUT2D eigenvalue weighted by atomic mass is 35.5. The van der Waals surface area contributed by atoms with Gasteiger partial charge in [-0.15, -0.1) is 0 Å². The Labute approximate surface area is 170 Å². The summed E-state index contributed by atoms with van der Waals surface area (Å²) in [7, 11) is 0. The van der Waals surface area contributed by atoms with Crippen LogP contribution < -0.4 is 5.32 Å². The number of nitrogens with zero attached hydrogens (tertiary/aromatic N) is 3. The number of amides is 2. The Kier molecular flexibility index (Phi) is 7.01. The van der Waals surface area contributed by atoms with Gasteiger partial charge in [-0.1, -0.05) is 24.6 Å². The fraction of sp³-hybridized carbons (Fsp3) is 0.381. The van der Waals surface area contributed by atoms with Gasteiger partial charge in [-0.3, -0.25) is 19.5 Å². The summed E-state index contributed by atoms with van der Waals surface area (Å²) in [5.74, 6) is -0.225. The molecule has 0 unspecified atom stereocenters. The molecule has 1 aromatic carbocycles. The number of hydrogen-bond donors (Lipinski definition) is 1. The Balaban J connectivity index is 1.68. The van der Waals surface area contributed by atoms with Crippen molar-refractivity contribution in [3.05, 3.63) is 58.9 Å². The lowest BCUT2D eigenvalue weighted by molar-refractivity contribution is -0.115. The summed E-state index contributed by atoms with van der Waals surface area (Å²) in [4.78, 5) is 33.5. The molecular formula is C21H25ClN4O2. The van der Waals surface area contributed by atoms with Crippen molar-refractivity contribution in [2.24, 2.45) is 0 Å². The Bertz CT molecular complexity index is 828. The summed E-state index contributed by atoms with van der Waals surface area (Å²) in [6.45, 7) is 5.57. The molecule has 28 heavy (non-hydrogen) atoms. The summed E-state index contributed by atoms with van der Waals surface area (Å²) >= 11 is 6.07. The molecule has 1 saturated heterocycles. The van der Waals surface area contributed by atoms with E-state index in [4.69, 9.17) is 11.6 Å². The van der Waals surface area contributed by atoms with Gasteiger partial charge in [-0.2, -0.15) is 0 Å². The Morgan fingerprint density at radius 2 is 2.00 bits per heavy atom. The Morgan fingerprint density at radius 1 is 1.14 bits per heavy atom. The Hall–Kier alpha value is -2.44. The first-order chi connectivity index (χ1) is 13.6. The number of aromatic nitrogens is 1. The second-order valence-corrected chi connectivity index (χ2v) is 7.27. The highest BCUT2D eigenvalue weighted by Gasteiger charge is 2.23. The maximum absolute atomic E-state index is 13.1. The van der Waals surface area contributed by atoms with Gasteiger partial charge >= 0.3 is 0 Å². The minimum atomic E-state index is -0.145. The van der Waals surface area contributed by atoms with Crippen LogP contribution in [-0.4, -0.2) is 52.8 Å². The summed E-state index contributed by atoms with van der Waals surface area (Å²) in [5.41, 5.74) is 1.98. The molecule has 0 saturated carbocycles. The molecule has 0 radical (unpaired) electrons. The van der Waals surface area contributed by atoms with E-state index >= 15 is 0 Å². The van der Waals surface area contributed by atoms with E-state index in [0.29, 0.717) is 35.8 Å². The van der Waals surface area contributed by atoms with Crippen LogP contribution in [0.3, 0.4) is 0 Å². The number of halogens is 1. The van der Waals surface area contributed by atoms with Crippen molar-refractivity contribution in [2.75, 3.05) is 31.5 Å². The lowest BCUT2D eigenvalue weighted by Crippen LogP contribution is -2.35. The Morgan fingerprint density at radius 3 is 2.75 bits per heavy atom. The standard InChI is InChI=1S/C21H25ClN4O2/c1-2-20(27)24-19-14-16(22)7-8-18(19)21(28)26-11-5-10-25(12-13-26)15-17-6-3-4-9-23-17/h3-4,6-9,14H,2,5,10-13,15H2,1H3,(H,24,27). The average Bonchev–Trinajstić information content (AvgIpc) is 2.94. The van der Waals surface area contributed by atoms with Crippen molar-refractivity contribution in [3.63, 3.8) is 0 Å². The van der Waals surface area contributed by atoms with Crippen molar-refractivity contribution >= 4 is 29.1 Å². The smallest absolute Gasteiger partial charge is 0.256 e. The zero-order valence-corrected chi connectivity index (χ0v) is 16.8. The van der Waals surface area contributed by atoms with Crippen LogP contribution >= 0.6 is 11.6 Å². The average molecular weight is 401 g/mol. The molecule has 1 aliphatic heterocycles. The van der Waals surface area contributed by atoms with Crippen LogP contribution in [-0.2, 0) is 11.3 Å². The van der Waals surface area contributed by atoms with Crippen LogP contribution in [0, 0.1) is 0 Å². The molecule has 6 nitrogen and oxygen atoms in total. The molecule has 2 heterocycles. The number of nitrogens with one attached hydrogen (secondary N) is 1.